The second-order valence-corrected chi connectivity index (χ2v) is 3.40. The maximum atomic E-state index is 13.4. The summed E-state index contributed by atoms with van der Waals surface area (Å²) in [5, 5.41) is 0. The van der Waals surface area contributed by atoms with Gasteiger partial charge < -0.3 is 5.73 Å². The van der Waals surface area contributed by atoms with E-state index in [0.717, 1.165) is 12.8 Å². The molecule has 0 spiro atoms. The lowest BCUT2D eigenvalue weighted by molar-refractivity contribution is 0.542. The number of hydrogen-bond acceptors (Lipinski definition) is 1. The van der Waals surface area contributed by atoms with E-state index in [9.17, 15) is 8.78 Å². The highest BCUT2D eigenvalue weighted by Crippen LogP contribution is 2.18. The normalized spacial score (nSPS) is 9.62. The molecule has 16 heavy (non-hydrogen) atoms. The third-order valence-electron chi connectivity index (χ3n) is 2.26. The number of benzene rings is 1. The zero-order chi connectivity index (χ0) is 12.6. The number of aryl methyl sites for hydroxylation is 1. The Labute approximate surface area is 96.7 Å². The van der Waals surface area contributed by atoms with Crippen LogP contribution in [0.5, 0.6) is 0 Å². The van der Waals surface area contributed by atoms with E-state index >= 15 is 0 Å². The predicted molar refractivity (Wildman–Crippen MR) is 64.4 cm³/mol. The Balaban J connectivity index is 0.00000106. The molecular formula is C13H21F2N. The highest BCUT2D eigenvalue weighted by molar-refractivity contribution is 5.26. The van der Waals surface area contributed by atoms with Gasteiger partial charge in [0.2, 0.25) is 0 Å². The summed E-state index contributed by atoms with van der Waals surface area (Å²) in [6.07, 6.45) is 1.96. The summed E-state index contributed by atoms with van der Waals surface area (Å²) < 4.78 is 26.6. The van der Waals surface area contributed by atoms with Crippen LogP contribution in [0.2, 0.25) is 0 Å². The van der Waals surface area contributed by atoms with Crippen molar-refractivity contribution in [3.05, 3.63) is 34.9 Å². The molecule has 0 unspecified atom stereocenters. The Kier molecular flexibility index (Phi) is 7.73. The van der Waals surface area contributed by atoms with E-state index in [1.165, 1.54) is 12.1 Å². The van der Waals surface area contributed by atoms with Crippen LogP contribution in [0.1, 0.15) is 37.8 Å². The molecule has 0 aliphatic rings. The summed E-state index contributed by atoms with van der Waals surface area (Å²) in [5.74, 6) is -0.868. The van der Waals surface area contributed by atoms with Crippen LogP contribution < -0.4 is 5.73 Å². The fourth-order valence-corrected chi connectivity index (χ4v) is 1.39. The van der Waals surface area contributed by atoms with Gasteiger partial charge in [-0.3, -0.25) is 0 Å². The van der Waals surface area contributed by atoms with Gasteiger partial charge in [0.15, 0.2) is 0 Å². The first-order valence-corrected chi connectivity index (χ1v) is 5.80. The lowest BCUT2D eigenvalue weighted by Crippen LogP contribution is -2.02. The number of unbranched alkanes of at least 4 members (excludes halogenated alkanes) is 1. The Morgan fingerprint density at radius 1 is 1.12 bits per heavy atom. The molecule has 0 heterocycles. The van der Waals surface area contributed by atoms with E-state index in [1.807, 2.05) is 13.8 Å². The molecule has 2 N–H and O–H groups in total. The molecule has 0 saturated carbocycles. The van der Waals surface area contributed by atoms with Crippen LogP contribution >= 0.6 is 0 Å². The van der Waals surface area contributed by atoms with Crippen molar-refractivity contribution < 1.29 is 8.78 Å². The van der Waals surface area contributed by atoms with Crippen molar-refractivity contribution in [3.8, 4) is 0 Å². The first-order valence-electron chi connectivity index (χ1n) is 5.80. The van der Waals surface area contributed by atoms with E-state index in [2.05, 4.69) is 0 Å². The fraction of sp³-hybridized carbons (Fsp3) is 0.538. The second kappa shape index (κ2) is 8.22. The monoisotopic (exact) mass is 229 g/mol. The molecule has 0 radical (unpaired) electrons. The highest BCUT2D eigenvalue weighted by Gasteiger charge is 2.10. The Bertz CT molecular complexity index is 311. The average molecular weight is 229 g/mol. The maximum Gasteiger partial charge on any atom is 0.132 e. The largest absolute Gasteiger partial charge is 0.330 e. The highest BCUT2D eigenvalue weighted by atomic mass is 19.1. The molecular weight excluding hydrogens is 208 g/mol. The lowest BCUT2D eigenvalue weighted by Gasteiger charge is -2.06. The molecule has 1 rings (SSSR count). The summed E-state index contributed by atoms with van der Waals surface area (Å²) in [4.78, 5) is 0. The lowest BCUT2D eigenvalue weighted by atomic mass is 10.0. The first kappa shape index (κ1) is 15.0. The van der Waals surface area contributed by atoms with E-state index in [1.54, 1.807) is 6.92 Å². The van der Waals surface area contributed by atoms with E-state index in [0.29, 0.717) is 18.5 Å². The molecule has 3 heteroatoms. The zero-order valence-electron chi connectivity index (χ0n) is 10.3. The number of hydrogen-bond donors (Lipinski definition) is 1. The van der Waals surface area contributed by atoms with Crippen LogP contribution in [0, 0.1) is 18.6 Å². The summed E-state index contributed by atoms with van der Waals surface area (Å²) in [6, 6.07) is 2.77. The van der Waals surface area contributed by atoms with Crippen molar-refractivity contribution in [1.29, 1.82) is 0 Å². The van der Waals surface area contributed by atoms with Crippen LogP contribution in [0.15, 0.2) is 12.1 Å². The first-order chi connectivity index (χ1) is 7.66. The predicted octanol–water partition coefficient (Wildman–Crippen LogP) is 3.58. The Hall–Kier alpha value is -0.960. The molecule has 0 saturated heterocycles. The minimum absolute atomic E-state index is 0.193. The molecule has 0 atom stereocenters. The van der Waals surface area contributed by atoms with E-state index in [-0.39, 0.29) is 5.56 Å². The molecule has 0 amide bonds. The number of nitrogens with two attached hydrogens (primary N) is 1. The van der Waals surface area contributed by atoms with Crippen LogP contribution in [-0.2, 0) is 6.42 Å². The number of halogens is 2. The van der Waals surface area contributed by atoms with Crippen LogP contribution in [-0.4, -0.2) is 6.54 Å². The van der Waals surface area contributed by atoms with Gasteiger partial charge in [-0.2, -0.15) is 0 Å². The Morgan fingerprint density at radius 2 is 1.75 bits per heavy atom. The minimum Gasteiger partial charge on any atom is -0.330 e. The SMILES string of the molecule is CC.Cc1ccc(F)c(CCCCN)c1F. The molecule has 1 aromatic carbocycles. The molecule has 1 nitrogen and oxygen atoms in total. The minimum atomic E-state index is -0.454. The van der Waals surface area contributed by atoms with Crippen molar-refractivity contribution in [1.82, 2.24) is 0 Å². The van der Waals surface area contributed by atoms with Gasteiger partial charge in [-0.25, -0.2) is 8.78 Å². The van der Waals surface area contributed by atoms with Crippen molar-refractivity contribution in [2.75, 3.05) is 6.54 Å². The molecule has 0 aromatic heterocycles. The van der Waals surface area contributed by atoms with Crippen molar-refractivity contribution >= 4 is 0 Å². The molecule has 0 fully saturated rings. The molecule has 92 valence electrons. The van der Waals surface area contributed by atoms with Gasteiger partial charge in [0.1, 0.15) is 11.6 Å². The summed E-state index contributed by atoms with van der Waals surface area (Å²) in [7, 11) is 0. The molecule has 0 aliphatic carbocycles. The van der Waals surface area contributed by atoms with Crippen molar-refractivity contribution in [2.24, 2.45) is 5.73 Å². The van der Waals surface area contributed by atoms with Gasteiger partial charge in [-0.15, -0.1) is 0 Å². The fourth-order valence-electron chi connectivity index (χ4n) is 1.39. The smallest absolute Gasteiger partial charge is 0.132 e. The summed E-state index contributed by atoms with van der Waals surface area (Å²) in [6.45, 7) is 6.20. The van der Waals surface area contributed by atoms with Crippen LogP contribution in [0.3, 0.4) is 0 Å². The molecule has 0 bridgehead atoms. The standard InChI is InChI=1S/C11H15F2N.C2H6/c1-8-5-6-10(12)9(11(8)13)4-2-3-7-14;1-2/h5-6H,2-4,7,14H2,1H3;1-2H3. The van der Waals surface area contributed by atoms with Crippen molar-refractivity contribution in [2.45, 2.75) is 40.0 Å². The third-order valence-corrected chi connectivity index (χ3v) is 2.26. The molecule has 1 aromatic rings. The Morgan fingerprint density at radius 3 is 2.31 bits per heavy atom. The topological polar surface area (TPSA) is 26.0 Å². The van der Waals surface area contributed by atoms with Crippen LogP contribution in [0.4, 0.5) is 8.78 Å². The quantitative estimate of drug-likeness (QED) is 0.785. The van der Waals surface area contributed by atoms with Crippen LogP contribution in [0.25, 0.3) is 0 Å². The molecule has 0 aliphatic heterocycles. The maximum absolute atomic E-state index is 13.4. The van der Waals surface area contributed by atoms with Gasteiger partial charge >= 0.3 is 0 Å². The number of rotatable bonds is 4. The second-order valence-electron chi connectivity index (χ2n) is 3.40. The summed E-state index contributed by atoms with van der Waals surface area (Å²) >= 11 is 0. The van der Waals surface area contributed by atoms with E-state index in [4.69, 9.17) is 5.73 Å². The van der Waals surface area contributed by atoms with E-state index < -0.39 is 11.6 Å². The zero-order valence-corrected chi connectivity index (χ0v) is 10.3. The van der Waals surface area contributed by atoms with Gasteiger partial charge in [-0.1, -0.05) is 19.9 Å². The average Bonchev–Trinajstić information content (AvgIpc) is 2.31. The van der Waals surface area contributed by atoms with Crippen molar-refractivity contribution in [3.63, 3.8) is 0 Å². The van der Waals surface area contributed by atoms with Gasteiger partial charge in [-0.05, 0) is 44.4 Å². The van der Waals surface area contributed by atoms with Gasteiger partial charge in [0.25, 0.3) is 0 Å². The van der Waals surface area contributed by atoms with Gasteiger partial charge in [0, 0.05) is 5.56 Å². The third kappa shape index (κ3) is 4.27. The van der Waals surface area contributed by atoms with Gasteiger partial charge in [0.05, 0.1) is 0 Å². The summed E-state index contributed by atoms with van der Waals surface area (Å²) in [5.41, 5.74) is 6.00.